The zero-order chi connectivity index (χ0) is 27.1. The van der Waals surface area contributed by atoms with E-state index in [0.29, 0.717) is 30.1 Å². The van der Waals surface area contributed by atoms with Gasteiger partial charge in [-0.05, 0) is 44.0 Å². The Hall–Kier alpha value is -4.20. The van der Waals surface area contributed by atoms with Crippen molar-refractivity contribution in [2.45, 2.75) is 44.5 Å². The van der Waals surface area contributed by atoms with Crippen LogP contribution < -0.4 is 15.0 Å². The molecule has 2 unspecified atom stereocenters. The van der Waals surface area contributed by atoms with Crippen LogP contribution >= 0.6 is 0 Å². The van der Waals surface area contributed by atoms with Crippen LogP contribution in [0, 0.1) is 11.3 Å². The summed E-state index contributed by atoms with van der Waals surface area (Å²) < 4.78 is 6.88. The molecular weight excluding hydrogens is 492 g/mol. The molecule has 2 bridgehead atoms. The summed E-state index contributed by atoms with van der Waals surface area (Å²) in [4.78, 5) is 14.1. The molecule has 39 heavy (non-hydrogen) atoms. The zero-order valence-corrected chi connectivity index (χ0v) is 22.4. The van der Waals surface area contributed by atoms with Crippen molar-refractivity contribution < 1.29 is 9.84 Å². The number of rotatable bonds is 8. The summed E-state index contributed by atoms with van der Waals surface area (Å²) in [5.74, 6) is 1.60. The molecule has 200 valence electrons. The van der Waals surface area contributed by atoms with Gasteiger partial charge in [0.25, 0.3) is 0 Å². The zero-order valence-electron chi connectivity index (χ0n) is 22.4. The molecule has 0 spiro atoms. The number of piperidine rings is 1. The molecule has 3 aliphatic heterocycles. The van der Waals surface area contributed by atoms with Gasteiger partial charge in [0.05, 0.1) is 41.9 Å². The van der Waals surface area contributed by atoms with Crippen LogP contribution in [0.1, 0.15) is 31.4 Å². The molecule has 10 nitrogen and oxygen atoms in total. The summed E-state index contributed by atoms with van der Waals surface area (Å²) in [5.41, 5.74) is 4.16. The lowest BCUT2D eigenvalue weighted by Crippen LogP contribution is -2.68. The average Bonchev–Trinajstić information content (AvgIpc) is 3.37. The molecule has 3 fully saturated rings. The Bertz CT molecular complexity index is 1510. The topological polar surface area (TPSA) is 115 Å². The molecular formula is C29H32N8O2. The summed E-state index contributed by atoms with van der Waals surface area (Å²) in [6, 6.07) is 13.4. The van der Waals surface area contributed by atoms with Crippen LogP contribution in [0.2, 0.25) is 0 Å². The van der Waals surface area contributed by atoms with Gasteiger partial charge in [-0.25, -0.2) is 14.5 Å². The molecule has 0 aromatic carbocycles. The number of aromatic nitrogens is 4. The Morgan fingerprint density at radius 3 is 2.59 bits per heavy atom. The molecule has 3 saturated heterocycles. The lowest BCUT2D eigenvalue weighted by molar-refractivity contribution is -0.00876. The number of nitrogens with zero attached hydrogens (tertiary/aromatic N) is 7. The molecule has 4 aromatic rings. The van der Waals surface area contributed by atoms with Crippen LogP contribution in [-0.2, 0) is 6.54 Å². The highest BCUT2D eigenvalue weighted by molar-refractivity contribution is 5.86. The second-order valence-electron chi connectivity index (χ2n) is 11.0. The predicted octanol–water partition coefficient (Wildman–Crippen LogP) is 3.32. The summed E-state index contributed by atoms with van der Waals surface area (Å²) in [5, 5.41) is 27.5. The van der Waals surface area contributed by atoms with Crippen LogP contribution in [0.5, 0.6) is 5.88 Å². The number of nitriles is 1. The van der Waals surface area contributed by atoms with Gasteiger partial charge in [0, 0.05) is 67.8 Å². The molecule has 3 aliphatic rings. The van der Waals surface area contributed by atoms with E-state index in [-0.39, 0.29) is 0 Å². The van der Waals surface area contributed by atoms with Crippen molar-refractivity contribution in [3.8, 4) is 23.1 Å². The fraction of sp³-hybridized carbons (Fsp3) is 0.379. The van der Waals surface area contributed by atoms with Gasteiger partial charge >= 0.3 is 0 Å². The summed E-state index contributed by atoms with van der Waals surface area (Å²) in [6.07, 6.45) is 8.39. The van der Waals surface area contributed by atoms with E-state index >= 15 is 0 Å². The number of hydrogen-bond donors (Lipinski definition) is 2. The number of ether oxygens (including phenoxy) is 1. The molecule has 0 aliphatic carbocycles. The second-order valence-corrected chi connectivity index (χ2v) is 11.0. The van der Waals surface area contributed by atoms with E-state index in [1.165, 1.54) is 12.0 Å². The van der Waals surface area contributed by atoms with E-state index in [2.05, 4.69) is 49.5 Å². The fourth-order valence-electron chi connectivity index (χ4n) is 5.54. The van der Waals surface area contributed by atoms with E-state index in [1.54, 1.807) is 31.7 Å². The Morgan fingerprint density at radius 1 is 1.13 bits per heavy atom. The molecule has 0 amide bonds. The number of anilines is 2. The maximum atomic E-state index is 10.2. The van der Waals surface area contributed by atoms with E-state index in [4.69, 9.17) is 9.72 Å². The van der Waals surface area contributed by atoms with Crippen molar-refractivity contribution in [3.05, 3.63) is 66.2 Å². The third-order valence-electron chi connectivity index (χ3n) is 7.56. The molecule has 4 aromatic heterocycles. The van der Waals surface area contributed by atoms with Crippen molar-refractivity contribution in [1.29, 1.82) is 5.26 Å². The van der Waals surface area contributed by atoms with Gasteiger partial charge in [-0.15, -0.1) is 0 Å². The number of pyridine rings is 3. The number of piperazine rings is 1. The highest BCUT2D eigenvalue weighted by atomic mass is 16.5. The largest absolute Gasteiger partial charge is 0.481 e. The van der Waals surface area contributed by atoms with Crippen molar-refractivity contribution >= 4 is 17.0 Å². The Kier molecular flexibility index (Phi) is 6.33. The first kappa shape index (κ1) is 25.1. The Labute approximate surface area is 227 Å². The van der Waals surface area contributed by atoms with E-state index in [9.17, 15) is 10.4 Å². The van der Waals surface area contributed by atoms with Crippen molar-refractivity contribution in [2.24, 2.45) is 0 Å². The third-order valence-corrected chi connectivity index (χ3v) is 7.56. The van der Waals surface area contributed by atoms with Gasteiger partial charge in [-0.2, -0.15) is 10.4 Å². The maximum absolute atomic E-state index is 10.2. The first-order chi connectivity index (χ1) is 18.8. The quantitative estimate of drug-likeness (QED) is 0.358. The molecule has 0 radical (unpaired) electrons. The SMILES string of the molecule is COc1ccc(CN2C3CC2CN(c2ccc(-c4cc(NCC(C)(C)O)cn5ncc(C#N)c45)cn2)C3)cn1. The highest BCUT2D eigenvalue weighted by Gasteiger charge is 2.44. The fourth-order valence-corrected chi connectivity index (χ4v) is 5.54. The standard InChI is InChI=1S/C29H32N8O2/c1-29(2,38)18-33-22-8-25(28-21(10-30)13-34-37(28)15-22)20-5-6-26(31-12-20)35-16-23-9-24(17-35)36(23)14-19-4-7-27(39-3)32-11-19/h4-8,11-13,15,23-24,33,38H,9,14,16-18H2,1-3H3. The molecule has 2 atom stereocenters. The number of nitrogens with one attached hydrogen (secondary N) is 1. The van der Waals surface area contributed by atoms with Crippen molar-refractivity contribution in [3.63, 3.8) is 0 Å². The molecule has 0 saturated carbocycles. The van der Waals surface area contributed by atoms with Gasteiger partial charge < -0.3 is 20.1 Å². The van der Waals surface area contributed by atoms with Crippen LogP contribution in [0.3, 0.4) is 0 Å². The van der Waals surface area contributed by atoms with Crippen molar-refractivity contribution in [2.75, 3.05) is 37.0 Å². The monoisotopic (exact) mass is 524 g/mol. The van der Waals surface area contributed by atoms with Gasteiger partial charge in [0.2, 0.25) is 5.88 Å². The third kappa shape index (κ3) is 4.99. The number of aliphatic hydroxyl groups is 1. The highest BCUT2D eigenvalue weighted by Crippen LogP contribution is 2.36. The Morgan fingerprint density at radius 2 is 1.95 bits per heavy atom. The van der Waals surface area contributed by atoms with Crippen LogP contribution in [0.4, 0.5) is 11.5 Å². The minimum Gasteiger partial charge on any atom is -0.481 e. The van der Waals surface area contributed by atoms with Gasteiger partial charge in [-0.1, -0.05) is 6.07 Å². The van der Waals surface area contributed by atoms with Crippen LogP contribution in [0.15, 0.2) is 55.1 Å². The van der Waals surface area contributed by atoms with E-state index in [1.807, 2.05) is 30.7 Å². The minimum atomic E-state index is -0.865. The second kappa shape index (κ2) is 9.84. The lowest BCUT2D eigenvalue weighted by atomic mass is 9.87. The molecule has 7 heterocycles. The van der Waals surface area contributed by atoms with Crippen LogP contribution in [-0.4, -0.2) is 74.0 Å². The normalized spacial score (nSPS) is 19.0. The maximum Gasteiger partial charge on any atom is 0.212 e. The molecule has 2 N–H and O–H groups in total. The average molecular weight is 525 g/mol. The van der Waals surface area contributed by atoms with E-state index in [0.717, 1.165) is 47.8 Å². The Balaban J connectivity index is 1.19. The van der Waals surface area contributed by atoms with Crippen LogP contribution in [0.25, 0.3) is 16.6 Å². The minimum absolute atomic E-state index is 0.380. The summed E-state index contributed by atoms with van der Waals surface area (Å²) in [7, 11) is 1.63. The molecule has 10 heteroatoms. The smallest absolute Gasteiger partial charge is 0.212 e. The summed E-state index contributed by atoms with van der Waals surface area (Å²) >= 11 is 0. The van der Waals surface area contributed by atoms with Gasteiger partial charge in [0.15, 0.2) is 0 Å². The number of methoxy groups -OCH3 is 1. The number of hydrogen-bond acceptors (Lipinski definition) is 9. The van der Waals surface area contributed by atoms with Crippen molar-refractivity contribution in [1.82, 2.24) is 24.5 Å². The predicted molar refractivity (Wildman–Crippen MR) is 149 cm³/mol. The van der Waals surface area contributed by atoms with Gasteiger partial charge in [-0.3, -0.25) is 4.90 Å². The number of fused-ring (bicyclic) bond motifs is 3. The molecule has 7 rings (SSSR count). The summed E-state index contributed by atoms with van der Waals surface area (Å²) in [6.45, 7) is 6.66. The first-order valence-electron chi connectivity index (χ1n) is 13.1. The lowest BCUT2D eigenvalue weighted by Gasteiger charge is -2.56. The van der Waals surface area contributed by atoms with E-state index < -0.39 is 5.60 Å². The first-order valence-corrected chi connectivity index (χ1v) is 13.1. The van der Waals surface area contributed by atoms with Gasteiger partial charge in [0.1, 0.15) is 11.9 Å².